The van der Waals surface area contributed by atoms with Crippen molar-refractivity contribution in [2.24, 2.45) is 17.6 Å². The molecule has 7 nitrogen and oxygen atoms in total. The van der Waals surface area contributed by atoms with Crippen LogP contribution in [0.3, 0.4) is 0 Å². The third-order valence-electron chi connectivity index (χ3n) is 8.93. The number of hydrogen-bond donors (Lipinski definition) is 3. The molecule has 1 atom stereocenters. The lowest BCUT2D eigenvalue weighted by atomic mass is 9.72. The first-order chi connectivity index (χ1) is 18.7. The molecule has 4 N–H and O–H groups in total. The van der Waals surface area contributed by atoms with Crippen molar-refractivity contribution in [1.82, 2.24) is 9.88 Å². The van der Waals surface area contributed by atoms with Gasteiger partial charge in [0.15, 0.2) is 0 Å². The Balaban J connectivity index is 1.33. The Bertz CT molecular complexity index is 1310. The Kier molecular flexibility index (Phi) is 7.71. The van der Waals surface area contributed by atoms with Gasteiger partial charge in [0.1, 0.15) is 0 Å². The van der Waals surface area contributed by atoms with Crippen LogP contribution < -0.4 is 11.1 Å². The number of anilines is 1. The summed E-state index contributed by atoms with van der Waals surface area (Å²) in [6, 6.07) is 20.5. The largest absolute Gasteiger partial charge is 0.465 e. The van der Waals surface area contributed by atoms with E-state index < -0.39 is 6.09 Å². The topological polar surface area (TPSA) is 109 Å². The molecule has 2 aliphatic rings. The molecular formula is C32H38N4O3. The van der Waals surface area contributed by atoms with Gasteiger partial charge in [0, 0.05) is 35.7 Å². The third kappa shape index (κ3) is 5.69. The summed E-state index contributed by atoms with van der Waals surface area (Å²) in [5, 5.41) is 12.4. The van der Waals surface area contributed by atoms with E-state index in [9.17, 15) is 14.7 Å². The fraction of sp³-hybridized carbons (Fsp3) is 0.406. The predicted molar refractivity (Wildman–Crippen MR) is 154 cm³/mol. The van der Waals surface area contributed by atoms with Crippen molar-refractivity contribution in [2.45, 2.75) is 63.5 Å². The third-order valence-corrected chi connectivity index (χ3v) is 8.93. The molecule has 1 heterocycles. The van der Waals surface area contributed by atoms with Gasteiger partial charge in [0.25, 0.3) is 0 Å². The Hall–Kier alpha value is -3.71. The standard InChI is InChI=1S/C32H38N4O3/c1-21(22-11-15-27(16-12-22)36(2)31(38)39)30(37)35-26-19-28(23-7-4-3-5-8-23)29(34-20-26)24-9-13-25(14-10-24)32(33)17-6-18-32/h3-5,7-10,13-14,19-22,27H,6,11-12,15-18,33H2,1-2H3,(H,35,37)(H,38,39). The molecule has 0 radical (unpaired) electrons. The zero-order chi connectivity index (χ0) is 27.6. The van der Waals surface area contributed by atoms with E-state index in [0.717, 1.165) is 60.9 Å². The zero-order valence-electron chi connectivity index (χ0n) is 22.8. The van der Waals surface area contributed by atoms with Crippen LogP contribution in [0.15, 0.2) is 66.9 Å². The maximum atomic E-state index is 13.2. The molecule has 39 heavy (non-hydrogen) atoms. The van der Waals surface area contributed by atoms with Crippen LogP contribution in [-0.4, -0.2) is 40.1 Å². The summed E-state index contributed by atoms with van der Waals surface area (Å²) in [5.41, 5.74) is 12.0. The Morgan fingerprint density at radius 3 is 2.28 bits per heavy atom. The van der Waals surface area contributed by atoms with Gasteiger partial charge in [-0.25, -0.2) is 4.79 Å². The average molecular weight is 527 g/mol. The number of carbonyl (C=O) groups excluding carboxylic acids is 1. The highest BCUT2D eigenvalue weighted by Gasteiger charge is 2.34. The molecule has 2 fully saturated rings. The summed E-state index contributed by atoms with van der Waals surface area (Å²) in [7, 11) is 1.63. The van der Waals surface area contributed by atoms with Crippen molar-refractivity contribution in [3.63, 3.8) is 0 Å². The van der Waals surface area contributed by atoms with Gasteiger partial charge < -0.3 is 21.1 Å². The molecule has 1 aromatic heterocycles. The zero-order valence-corrected chi connectivity index (χ0v) is 22.8. The van der Waals surface area contributed by atoms with E-state index in [1.807, 2.05) is 31.2 Å². The molecule has 7 heteroatoms. The van der Waals surface area contributed by atoms with E-state index in [2.05, 4.69) is 41.7 Å². The normalized spacial score (nSPS) is 20.9. The van der Waals surface area contributed by atoms with Crippen LogP contribution in [-0.2, 0) is 10.3 Å². The number of rotatable bonds is 7. The molecule has 2 aliphatic carbocycles. The van der Waals surface area contributed by atoms with E-state index in [4.69, 9.17) is 10.7 Å². The monoisotopic (exact) mass is 526 g/mol. The van der Waals surface area contributed by atoms with Crippen molar-refractivity contribution in [3.05, 3.63) is 72.4 Å². The van der Waals surface area contributed by atoms with Crippen LogP contribution in [0.1, 0.15) is 57.4 Å². The highest BCUT2D eigenvalue weighted by atomic mass is 16.4. The summed E-state index contributed by atoms with van der Waals surface area (Å²) in [6.45, 7) is 1.97. The number of amides is 2. The molecule has 0 bridgehead atoms. The molecule has 2 amide bonds. The Morgan fingerprint density at radius 1 is 1.03 bits per heavy atom. The van der Waals surface area contributed by atoms with Gasteiger partial charge in [-0.2, -0.15) is 0 Å². The van der Waals surface area contributed by atoms with Crippen LogP contribution in [0.5, 0.6) is 0 Å². The van der Waals surface area contributed by atoms with E-state index in [0.29, 0.717) is 5.69 Å². The van der Waals surface area contributed by atoms with Crippen molar-refractivity contribution >= 4 is 17.7 Å². The van der Waals surface area contributed by atoms with Gasteiger partial charge in [0.05, 0.1) is 17.6 Å². The van der Waals surface area contributed by atoms with Gasteiger partial charge in [-0.05, 0) is 68.1 Å². The molecule has 0 saturated heterocycles. The molecule has 3 aromatic rings. The van der Waals surface area contributed by atoms with E-state index >= 15 is 0 Å². The van der Waals surface area contributed by atoms with Crippen LogP contribution in [0.4, 0.5) is 10.5 Å². The molecule has 1 unspecified atom stereocenters. The lowest BCUT2D eigenvalue weighted by molar-refractivity contribution is -0.121. The minimum atomic E-state index is -0.896. The number of aromatic nitrogens is 1. The number of carbonyl (C=O) groups is 2. The second-order valence-corrected chi connectivity index (χ2v) is 11.3. The number of pyridine rings is 1. The van der Waals surface area contributed by atoms with Crippen LogP contribution in [0.2, 0.25) is 0 Å². The fourth-order valence-electron chi connectivity index (χ4n) is 6.02. The van der Waals surface area contributed by atoms with Crippen LogP contribution in [0, 0.1) is 11.8 Å². The maximum absolute atomic E-state index is 13.2. The van der Waals surface area contributed by atoms with Gasteiger partial charge in [-0.3, -0.25) is 9.78 Å². The number of nitrogens with zero attached hydrogens (tertiary/aromatic N) is 2. The van der Waals surface area contributed by atoms with Gasteiger partial charge in [-0.1, -0.05) is 61.5 Å². The minimum Gasteiger partial charge on any atom is -0.465 e. The number of nitrogens with two attached hydrogens (primary N) is 1. The van der Waals surface area contributed by atoms with Gasteiger partial charge in [-0.15, -0.1) is 0 Å². The summed E-state index contributed by atoms with van der Waals surface area (Å²) >= 11 is 0. The first kappa shape index (κ1) is 26.9. The highest BCUT2D eigenvalue weighted by Crippen LogP contribution is 2.40. The second-order valence-electron chi connectivity index (χ2n) is 11.3. The summed E-state index contributed by atoms with van der Waals surface area (Å²) in [5.74, 6) is 0.0181. The molecule has 204 valence electrons. The van der Waals surface area contributed by atoms with Crippen molar-refractivity contribution in [2.75, 3.05) is 12.4 Å². The Labute approximate surface area is 230 Å². The minimum absolute atomic E-state index is 0.0253. The first-order valence-electron chi connectivity index (χ1n) is 14.0. The van der Waals surface area contributed by atoms with E-state index in [1.165, 1.54) is 16.9 Å². The van der Waals surface area contributed by atoms with Crippen molar-refractivity contribution in [1.29, 1.82) is 0 Å². The molecule has 2 saturated carbocycles. The van der Waals surface area contributed by atoms with Crippen LogP contribution >= 0.6 is 0 Å². The highest BCUT2D eigenvalue weighted by molar-refractivity contribution is 5.94. The SMILES string of the molecule is CC(C(=O)Nc1cnc(-c2ccc(C3(N)CCC3)cc2)c(-c2ccccc2)c1)C1CCC(N(C)C(=O)O)CC1. The second kappa shape index (κ2) is 11.2. The molecule has 5 rings (SSSR count). The van der Waals surface area contributed by atoms with Crippen LogP contribution in [0.25, 0.3) is 22.4 Å². The average Bonchev–Trinajstić information content (AvgIpc) is 2.95. The van der Waals surface area contributed by atoms with E-state index in [1.54, 1.807) is 13.2 Å². The maximum Gasteiger partial charge on any atom is 0.407 e. The van der Waals surface area contributed by atoms with Crippen molar-refractivity contribution in [3.8, 4) is 22.4 Å². The number of carboxylic acid groups (broad SMARTS) is 1. The molecular weight excluding hydrogens is 488 g/mol. The summed E-state index contributed by atoms with van der Waals surface area (Å²) in [4.78, 5) is 30.8. The molecule has 0 spiro atoms. The lowest BCUT2D eigenvalue weighted by Crippen LogP contribution is -2.43. The summed E-state index contributed by atoms with van der Waals surface area (Å²) < 4.78 is 0. The number of nitrogens with one attached hydrogen (secondary N) is 1. The molecule has 2 aromatic carbocycles. The number of hydrogen-bond acceptors (Lipinski definition) is 4. The summed E-state index contributed by atoms with van der Waals surface area (Å²) in [6.07, 6.45) is 7.29. The predicted octanol–water partition coefficient (Wildman–Crippen LogP) is 6.50. The number of benzene rings is 2. The molecule has 0 aliphatic heterocycles. The van der Waals surface area contributed by atoms with Crippen molar-refractivity contribution < 1.29 is 14.7 Å². The van der Waals surface area contributed by atoms with Gasteiger partial charge in [0.2, 0.25) is 5.91 Å². The first-order valence-corrected chi connectivity index (χ1v) is 14.0. The smallest absolute Gasteiger partial charge is 0.407 e. The van der Waals surface area contributed by atoms with E-state index in [-0.39, 0.29) is 29.3 Å². The quantitative estimate of drug-likeness (QED) is 0.326. The van der Waals surface area contributed by atoms with Gasteiger partial charge >= 0.3 is 6.09 Å². The Morgan fingerprint density at radius 2 is 1.69 bits per heavy atom. The fourth-order valence-corrected chi connectivity index (χ4v) is 6.02. The lowest BCUT2D eigenvalue weighted by Gasteiger charge is -2.38.